The maximum absolute atomic E-state index is 12.1. The average molecular weight is 321 g/mol. The van der Waals surface area contributed by atoms with E-state index in [1.165, 1.54) is 5.56 Å². The van der Waals surface area contributed by atoms with Gasteiger partial charge < -0.3 is 10.1 Å². The largest absolute Gasteiger partial charge is 0.495 e. The number of methoxy groups -OCH3 is 1. The van der Waals surface area contributed by atoms with Gasteiger partial charge in [0, 0.05) is 5.56 Å². The number of ether oxygens (including phenoxy) is 1. The summed E-state index contributed by atoms with van der Waals surface area (Å²) in [5.74, 6) is 6.57. The lowest BCUT2D eigenvalue weighted by Gasteiger charge is -2.18. The topological polar surface area (TPSA) is 38.3 Å². The minimum Gasteiger partial charge on any atom is -0.495 e. The van der Waals surface area contributed by atoms with Gasteiger partial charge in [-0.1, -0.05) is 56.9 Å². The summed E-state index contributed by atoms with van der Waals surface area (Å²) in [4.78, 5) is 12.1. The number of para-hydroxylation sites is 1. The fraction of sp³-hybridized carbons (Fsp3) is 0.286. The van der Waals surface area contributed by atoms with E-state index in [1.807, 2.05) is 48.5 Å². The fourth-order valence-electron chi connectivity index (χ4n) is 2.24. The van der Waals surface area contributed by atoms with Crippen LogP contribution in [0.5, 0.6) is 5.75 Å². The van der Waals surface area contributed by atoms with Crippen LogP contribution in [0.15, 0.2) is 48.5 Å². The fourth-order valence-corrected chi connectivity index (χ4v) is 2.24. The molecule has 0 aliphatic carbocycles. The van der Waals surface area contributed by atoms with Crippen molar-refractivity contribution >= 4 is 5.91 Å². The zero-order chi connectivity index (χ0) is 17.6. The highest BCUT2D eigenvalue weighted by molar-refractivity contribution is 5.94. The monoisotopic (exact) mass is 321 g/mol. The maximum Gasteiger partial charge on any atom is 0.252 e. The first-order valence-corrected chi connectivity index (χ1v) is 7.92. The van der Waals surface area contributed by atoms with Crippen molar-refractivity contribution in [1.82, 2.24) is 5.32 Å². The molecule has 0 unspecified atom stereocenters. The van der Waals surface area contributed by atoms with Crippen LogP contribution in [0, 0.1) is 11.8 Å². The first kappa shape index (κ1) is 17.6. The third-order valence-electron chi connectivity index (χ3n) is 3.68. The molecule has 3 heteroatoms. The van der Waals surface area contributed by atoms with E-state index in [0.717, 1.165) is 11.3 Å². The molecule has 0 aliphatic rings. The van der Waals surface area contributed by atoms with Gasteiger partial charge in [-0.15, -0.1) is 0 Å². The Kier molecular flexibility index (Phi) is 5.65. The van der Waals surface area contributed by atoms with Crippen LogP contribution in [0.3, 0.4) is 0 Å². The van der Waals surface area contributed by atoms with Gasteiger partial charge in [0.05, 0.1) is 19.2 Å². The van der Waals surface area contributed by atoms with Gasteiger partial charge in [-0.05, 0) is 35.2 Å². The lowest BCUT2D eigenvalue weighted by atomic mass is 9.87. The van der Waals surface area contributed by atoms with Crippen LogP contribution >= 0.6 is 0 Å². The molecule has 0 radical (unpaired) electrons. The standard InChI is InChI=1S/C21H23NO2/c1-21(2,3)18-13-11-17(12-14-18)20(23)22-15-7-9-16-8-5-6-10-19(16)24-4/h5-6,8,10-14H,15H2,1-4H3,(H,22,23). The highest BCUT2D eigenvalue weighted by Crippen LogP contribution is 2.22. The number of hydrogen-bond acceptors (Lipinski definition) is 2. The van der Waals surface area contributed by atoms with E-state index < -0.39 is 0 Å². The van der Waals surface area contributed by atoms with Crippen molar-refractivity contribution < 1.29 is 9.53 Å². The number of hydrogen-bond donors (Lipinski definition) is 1. The van der Waals surface area contributed by atoms with Crippen LogP contribution in [0.2, 0.25) is 0 Å². The van der Waals surface area contributed by atoms with E-state index in [4.69, 9.17) is 4.74 Å². The quantitative estimate of drug-likeness (QED) is 0.874. The van der Waals surface area contributed by atoms with E-state index in [0.29, 0.717) is 5.56 Å². The minimum absolute atomic E-state index is 0.0786. The van der Waals surface area contributed by atoms with E-state index in [9.17, 15) is 4.79 Å². The van der Waals surface area contributed by atoms with Crippen LogP contribution in [0.1, 0.15) is 42.3 Å². The van der Waals surface area contributed by atoms with Crippen molar-refractivity contribution in [2.45, 2.75) is 26.2 Å². The first-order valence-electron chi connectivity index (χ1n) is 7.92. The van der Waals surface area contributed by atoms with Crippen LogP contribution in [-0.2, 0) is 5.41 Å². The molecule has 2 rings (SSSR count). The number of nitrogens with one attached hydrogen (secondary N) is 1. The summed E-state index contributed by atoms with van der Waals surface area (Å²) in [6, 6.07) is 15.2. The molecule has 0 spiro atoms. The van der Waals surface area contributed by atoms with Crippen LogP contribution in [0.25, 0.3) is 0 Å². The highest BCUT2D eigenvalue weighted by Gasteiger charge is 2.13. The third-order valence-corrected chi connectivity index (χ3v) is 3.68. The summed E-state index contributed by atoms with van der Waals surface area (Å²) in [5.41, 5.74) is 2.73. The molecule has 0 saturated heterocycles. The maximum atomic E-state index is 12.1. The van der Waals surface area contributed by atoms with Crippen molar-refractivity contribution in [3.63, 3.8) is 0 Å². The highest BCUT2D eigenvalue weighted by atomic mass is 16.5. The molecule has 3 nitrogen and oxygen atoms in total. The molecule has 2 aromatic carbocycles. The number of carbonyl (C=O) groups is 1. The van der Waals surface area contributed by atoms with Crippen molar-refractivity contribution in [2.75, 3.05) is 13.7 Å². The van der Waals surface area contributed by atoms with Gasteiger partial charge in [-0.3, -0.25) is 4.79 Å². The lowest BCUT2D eigenvalue weighted by molar-refractivity contribution is 0.0958. The van der Waals surface area contributed by atoms with Gasteiger partial charge in [-0.2, -0.15) is 0 Å². The van der Waals surface area contributed by atoms with E-state index >= 15 is 0 Å². The molecule has 0 atom stereocenters. The molecule has 0 heterocycles. The molecule has 0 aliphatic heterocycles. The van der Waals surface area contributed by atoms with Crippen LogP contribution in [0.4, 0.5) is 0 Å². The Labute approximate surface area is 144 Å². The predicted molar refractivity (Wildman–Crippen MR) is 97.3 cm³/mol. The van der Waals surface area contributed by atoms with Crippen molar-refractivity contribution in [1.29, 1.82) is 0 Å². The van der Waals surface area contributed by atoms with Crippen molar-refractivity contribution in [3.8, 4) is 17.6 Å². The molecule has 124 valence electrons. The number of rotatable bonds is 3. The summed E-state index contributed by atoms with van der Waals surface area (Å²) < 4.78 is 5.24. The molecule has 0 saturated carbocycles. The van der Waals surface area contributed by atoms with Gasteiger partial charge in [0.2, 0.25) is 0 Å². The van der Waals surface area contributed by atoms with Gasteiger partial charge in [0.25, 0.3) is 5.91 Å². The molecule has 0 aromatic heterocycles. The molecular weight excluding hydrogens is 298 g/mol. The Morgan fingerprint density at radius 2 is 1.75 bits per heavy atom. The summed E-state index contributed by atoms with van der Waals surface area (Å²) in [7, 11) is 1.61. The summed E-state index contributed by atoms with van der Waals surface area (Å²) in [5, 5.41) is 2.81. The van der Waals surface area contributed by atoms with Crippen LogP contribution in [-0.4, -0.2) is 19.6 Å². The zero-order valence-electron chi connectivity index (χ0n) is 14.6. The molecule has 1 N–H and O–H groups in total. The Morgan fingerprint density at radius 1 is 1.08 bits per heavy atom. The molecule has 24 heavy (non-hydrogen) atoms. The molecule has 0 fully saturated rings. The summed E-state index contributed by atoms with van der Waals surface area (Å²) in [6.07, 6.45) is 0. The predicted octanol–water partition coefficient (Wildman–Crippen LogP) is 3.77. The molecule has 1 amide bonds. The van der Waals surface area contributed by atoms with Gasteiger partial charge >= 0.3 is 0 Å². The molecular formula is C21H23NO2. The summed E-state index contributed by atoms with van der Waals surface area (Å²) in [6.45, 7) is 6.73. The van der Waals surface area contributed by atoms with Crippen LogP contribution < -0.4 is 10.1 Å². The van der Waals surface area contributed by atoms with Crippen molar-refractivity contribution in [2.24, 2.45) is 0 Å². The Morgan fingerprint density at radius 3 is 2.38 bits per heavy atom. The number of carbonyl (C=O) groups excluding carboxylic acids is 1. The minimum atomic E-state index is -0.121. The Hall–Kier alpha value is -2.73. The normalized spacial score (nSPS) is 10.5. The van der Waals surface area contributed by atoms with E-state index in [1.54, 1.807) is 7.11 Å². The number of benzene rings is 2. The lowest BCUT2D eigenvalue weighted by Crippen LogP contribution is -2.23. The first-order chi connectivity index (χ1) is 11.4. The average Bonchev–Trinajstić information content (AvgIpc) is 2.58. The number of amides is 1. The van der Waals surface area contributed by atoms with Crippen molar-refractivity contribution in [3.05, 3.63) is 65.2 Å². The summed E-state index contributed by atoms with van der Waals surface area (Å²) >= 11 is 0. The van der Waals surface area contributed by atoms with E-state index in [-0.39, 0.29) is 17.9 Å². The third kappa shape index (κ3) is 4.63. The SMILES string of the molecule is COc1ccccc1C#CCNC(=O)c1ccc(C(C)(C)C)cc1. The Balaban J connectivity index is 1.96. The second kappa shape index (κ2) is 7.70. The van der Waals surface area contributed by atoms with E-state index in [2.05, 4.69) is 37.9 Å². The Bertz CT molecular complexity index is 759. The second-order valence-corrected chi connectivity index (χ2v) is 6.51. The smallest absolute Gasteiger partial charge is 0.252 e. The van der Waals surface area contributed by atoms with Gasteiger partial charge in [-0.25, -0.2) is 0 Å². The molecule has 2 aromatic rings. The second-order valence-electron chi connectivity index (χ2n) is 6.51. The van der Waals surface area contributed by atoms with Gasteiger partial charge in [0.1, 0.15) is 5.75 Å². The molecule has 0 bridgehead atoms. The van der Waals surface area contributed by atoms with Gasteiger partial charge in [0.15, 0.2) is 0 Å². The zero-order valence-corrected chi connectivity index (χ0v) is 14.6.